The summed E-state index contributed by atoms with van der Waals surface area (Å²) < 4.78 is 31.6. The fourth-order valence-electron chi connectivity index (χ4n) is 1.99. The summed E-state index contributed by atoms with van der Waals surface area (Å²) in [4.78, 5) is 0. The molecule has 2 rings (SSSR count). The van der Waals surface area contributed by atoms with Crippen LogP contribution in [-0.4, -0.2) is 16.4 Å². The Labute approximate surface area is 110 Å². The van der Waals surface area contributed by atoms with Gasteiger partial charge in [-0.1, -0.05) is 26.0 Å². The van der Waals surface area contributed by atoms with Crippen LogP contribution >= 0.6 is 0 Å². The van der Waals surface area contributed by atoms with Gasteiger partial charge < -0.3 is 4.74 Å². The second kappa shape index (κ2) is 5.38. The van der Waals surface area contributed by atoms with E-state index < -0.39 is 6.61 Å². The van der Waals surface area contributed by atoms with Crippen LogP contribution < -0.4 is 4.74 Å². The van der Waals surface area contributed by atoms with E-state index >= 15 is 0 Å². The first-order valence-electron chi connectivity index (χ1n) is 6.06. The largest absolute Gasteiger partial charge is 0.434 e. The molecule has 0 aliphatic rings. The summed E-state index contributed by atoms with van der Waals surface area (Å²) >= 11 is 0. The van der Waals surface area contributed by atoms with Gasteiger partial charge >= 0.3 is 6.61 Å². The van der Waals surface area contributed by atoms with Crippen molar-refractivity contribution in [3.05, 3.63) is 36.0 Å². The zero-order valence-electron chi connectivity index (χ0n) is 11.1. The molecule has 0 N–H and O–H groups in total. The first-order valence-corrected chi connectivity index (χ1v) is 6.06. The number of para-hydroxylation sites is 1. The Balaban J connectivity index is 2.56. The third-order valence-electron chi connectivity index (χ3n) is 2.86. The summed E-state index contributed by atoms with van der Waals surface area (Å²) in [6, 6.07) is 7.15. The van der Waals surface area contributed by atoms with Crippen molar-refractivity contribution in [3.63, 3.8) is 0 Å². The van der Waals surface area contributed by atoms with Crippen LogP contribution in [0, 0.1) is 0 Å². The third kappa shape index (κ3) is 2.92. The Morgan fingerprint density at radius 3 is 2.47 bits per heavy atom. The highest BCUT2D eigenvalue weighted by molar-refractivity contribution is 5.69. The minimum atomic E-state index is -2.85. The first-order chi connectivity index (χ1) is 8.99. The molecule has 0 spiro atoms. The van der Waals surface area contributed by atoms with Crippen LogP contribution in [0.1, 0.15) is 25.3 Å². The van der Waals surface area contributed by atoms with E-state index in [0.29, 0.717) is 11.3 Å². The molecule has 0 fully saturated rings. The second-order valence-corrected chi connectivity index (χ2v) is 4.63. The van der Waals surface area contributed by atoms with Gasteiger partial charge in [-0.05, 0) is 23.6 Å². The van der Waals surface area contributed by atoms with Crippen molar-refractivity contribution in [1.82, 2.24) is 9.78 Å². The molecule has 102 valence electrons. The highest BCUT2D eigenvalue weighted by Gasteiger charge is 2.18. The van der Waals surface area contributed by atoms with Crippen molar-refractivity contribution in [2.75, 3.05) is 0 Å². The number of aryl methyl sites for hydroxylation is 1. The number of rotatable bonds is 4. The average Bonchev–Trinajstić information content (AvgIpc) is 2.75. The quantitative estimate of drug-likeness (QED) is 0.841. The van der Waals surface area contributed by atoms with E-state index in [1.165, 1.54) is 0 Å². The summed E-state index contributed by atoms with van der Waals surface area (Å²) in [5.41, 5.74) is 1.97. The Bertz CT molecular complexity index is 564. The predicted molar refractivity (Wildman–Crippen MR) is 69.4 cm³/mol. The molecule has 0 unspecified atom stereocenters. The van der Waals surface area contributed by atoms with Gasteiger partial charge in [-0.2, -0.15) is 13.9 Å². The number of nitrogens with zero attached hydrogens (tertiary/aromatic N) is 2. The van der Waals surface area contributed by atoms with Crippen LogP contribution in [-0.2, 0) is 7.05 Å². The standard InChI is InChI=1S/C14H16F2N2O/c1-9(2)10-5-4-6-11(13(10)19-14(15)16)12-7-8-18(3)17-12/h4-9,14H,1-3H3. The average molecular weight is 266 g/mol. The van der Waals surface area contributed by atoms with Crippen LogP contribution in [0.25, 0.3) is 11.3 Å². The summed E-state index contributed by atoms with van der Waals surface area (Å²) in [5, 5.41) is 4.24. The normalized spacial score (nSPS) is 11.3. The molecule has 0 radical (unpaired) electrons. The van der Waals surface area contributed by atoms with Crippen molar-refractivity contribution in [2.24, 2.45) is 7.05 Å². The van der Waals surface area contributed by atoms with Gasteiger partial charge in [-0.15, -0.1) is 0 Å². The number of alkyl halides is 2. The number of ether oxygens (including phenoxy) is 1. The lowest BCUT2D eigenvalue weighted by Gasteiger charge is -2.16. The SMILES string of the molecule is CC(C)c1cccc(-c2ccn(C)n2)c1OC(F)F. The number of hydrogen-bond donors (Lipinski definition) is 0. The van der Waals surface area contributed by atoms with E-state index in [2.05, 4.69) is 5.10 Å². The lowest BCUT2D eigenvalue weighted by molar-refractivity contribution is -0.0501. The van der Waals surface area contributed by atoms with Crippen molar-refractivity contribution in [2.45, 2.75) is 26.4 Å². The molecule has 0 saturated carbocycles. The van der Waals surface area contributed by atoms with Crippen molar-refractivity contribution >= 4 is 0 Å². The maximum Gasteiger partial charge on any atom is 0.387 e. The van der Waals surface area contributed by atoms with Gasteiger partial charge in [0.2, 0.25) is 0 Å². The number of aromatic nitrogens is 2. The van der Waals surface area contributed by atoms with Gasteiger partial charge in [0.25, 0.3) is 0 Å². The third-order valence-corrected chi connectivity index (χ3v) is 2.86. The molecule has 0 atom stereocenters. The number of halogens is 2. The Hall–Kier alpha value is -1.91. The predicted octanol–water partition coefficient (Wildman–Crippen LogP) is 3.81. The summed E-state index contributed by atoms with van der Waals surface area (Å²) in [5.74, 6) is 0.309. The highest BCUT2D eigenvalue weighted by Crippen LogP contribution is 2.36. The summed E-state index contributed by atoms with van der Waals surface area (Å²) in [6.07, 6.45) is 1.77. The van der Waals surface area contributed by atoms with Crippen molar-refractivity contribution in [3.8, 4) is 17.0 Å². The fourth-order valence-corrected chi connectivity index (χ4v) is 1.99. The molecular weight excluding hydrogens is 250 g/mol. The molecule has 0 amide bonds. The minimum Gasteiger partial charge on any atom is -0.434 e. The van der Waals surface area contributed by atoms with Gasteiger partial charge in [0.05, 0.1) is 5.69 Å². The molecule has 0 bridgehead atoms. The Morgan fingerprint density at radius 1 is 1.21 bits per heavy atom. The first kappa shape index (κ1) is 13.5. The zero-order chi connectivity index (χ0) is 14.0. The van der Waals surface area contributed by atoms with Gasteiger partial charge in [0.15, 0.2) is 0 Å². The molecule has 5 heteroatoms. The Kier molecular flexibility index (Phi) is 3.83. The lowest BCUT2D eigenvalue weighted by Crippen LogP contribution is -2.07. The van der Waals surface area contributed by atoms with Crippen molar-refractivity contribution < 1.29 is 13.5 Å². The summed E-state index contributed by atoms with van der Waals surface area (Å²) in [7, 11) is 1.78. The molecule has 0 aliphatic heterocycles. The van der Waals surface area contributed by atoms with E-state index in [1.807, 2.05) is 19.9 Å². The Morgan fingerprint density at radius 2 is 1.95 bits per heavy atom. The van der Waals surface area contributed by atoms with Crippen LogP contribution in [0.5, 0.6) is 5.75 Å². The molecule has 2 aromatic rings. The van der Waals surface area contributed by atoms with Gasteiger partial charge in [0, 0.05) is 18.8 Å². The van der Waals surface area contributed by atoms with Crippen LogP contribution in [0.15, 0.2) is 30.5 Å². The molecule has 0 saturated heterocycles. The van der Waals surface area contributed by atoms with Crippen LogP contribution in [0.2, 0.25) is 0 Å². The van der Waals surface area contributed by atoms with Gasteiger partial charge in [0.1, 0.15) is 5.75 Å². The maximum atomic E-state index is 12.6. The maximum absolute atomic E-state index is 12.6. The summed E-state index contributed by atoms with van der Waals surface area (Å²) in [6.45, 7) is 1.04. The fraction of sp³-hybridized carbons (Fsp3) is 0.357. The molecule has 1 heterocycles. The molecule has 19 heavy (non-hydrogen) atoms. The lowest BCUT2D eigenvalue weighted by atomic mass is 9.98. The van der Waals surface area contributed by atoms with Gasteiger partial charge in [-0.3, -0.25) is 4.68 Å². The molecule has 3 nitrogen and oxygen atoms in total. The second-order valence-electron chi connectivity index (χ2n) is 4.63. The molecule has 0 aliphatic carbocycles. The van der Waals surface area contributed by atoms with Gasteiger partial charge in [-0.25, -0.2) is 0 Å². The number of benzene rings is 1. The van der Waals surface area contributed by atoms with E-state index in [9.17, 15) is 8.78 Å². The monoisotopic (exact) mass is 266 g/mol. The highest BCUT2D eigenvalue weighted by atomic mass is 19.3. The zero-order valence-corrected chi connectivity index (χ0v) is 11.1. The molecule has 1 aromatic carbocycles. The van der Waals surface area contributed by atoms with Crippen LogP contribution in [0.4, 0.5) is 8.78 Å². The molecular formula is C14H16F2N2O. The molecule has 1 aromatic heterocycles. The van der Waals surface area contributed by atoms with Crippen LogP contribution in [0.3, 0.4) is 0 Å². The minimum absolute atomic E-state index is 0.0948. The van der Waals surface area contributed by atoms with E-state index in [4.69, 9.17) is 4.74 Å². The van der Waals surface area contributed by atoms with E-state index in [0.717, 1.165) is 5.56 Å². The van der Waals surface area contributed by atoms with E-state index in [-0.39, 0.29) is 11.7 Å². The smallest absolute Gasteiger partial charge is 0.387 e. The van der Waals surface area contributed by atoms with Crippen molar-refractivity contribution in [1.29, 1.82) is 0 Å². The van der Waals surface area contributed by atoms with E-state index in [1.54, 1.807) is 36.1 Å². The topological polar surface area (TPSA) is 27.1 Å². The number of hydrogen-bond acceptors (Lipinski definition) is 2.